The average molecular weight is 357 g/mol. The van der Waals surface area contributed by atoms with Crippen LogP contribution in [0.2, 0.25) is 5.02 Å². The van der Waals surface area contributed by atoms with Gasteiger partial charge in [-0.15, -0.1) is 0 Å². The Morgan fingerprint density at radius 1 is 1.62 bits per heavy atom. The van der Waals surface area contributed by atoms with Crippen molar-refractivity contribution in [2.45, 2.75) is 6.10 Å². The number of carbonyl (C=O) groups is 1. The minimum absolute atomic E-state index is 0.0301. The molecule has 1 aromatic rings. The number of halogens is 2. The molecule has 1 atom stereocenters. The van der Waals surface area contributed by atoms with Crippen LogP contribution in [-0.2, 0) is 9.53 Å². The number of rotatable bonds is 5. The van der Waals surface area contributed by atoms with E-state index in [1.165, 1.54) is 7.11 Å². The molecular formula is C10H10ClIO4. The molecule has 0 fully saturated rings. The second-order valence-electron chi connectivity index (χ2n) is 2.97. The zero-order valence-corrected chi connectivity index (χ0v) is 11.4. The molecule has 0 spiro atoms. The van der Waals surface area contributed by atoms with Crippen molar-refractivity contribution in [3.63, 3.8) is 0 Å². The van der Waals surface area contributed by atoms with Crippen LogP contribution in [0.5, 0.6) is 5.75 Å². The Bertz CT molecular complexity index is 383. The SMILES string of the molecule is COCC(Oc1ccc(I)cc1Cl)C(=O)O. The lowest BCUT2D eigenvalue weighted by molar-refractivity contribution is -0.147. The highest BCUT2D eigenvalue weighted by molar-refractivity contribution is 14.1. The quantitative estimate of drug-likeness (QED) is 0.823. The van der Waals surface area contributed by atoms with Gasteiger partial charge >= 0.3 is 5.97 Å². The van der Waals surface area contributed by atoms with Gasteiger partial charge < -0.3 is 14.6 Å². The minimum Gasteiger partial charge on any atom is -0.478 e. The Morgan fingerprint density at radius 3 is 2.81 bits per heavy atom. The molecule has 0 heterocycles. The standard InChI is InChI=1S/C10H10ClIO4/c1-15-5-9(10(13)14)16-8-3-2-6(12)4-7(8)11/h2-4,9H,5H2,1H3,(H,13,14). The van der Waals surface area contributed by atoms with Crippen molar-refractivity contribution in [3.8, 4) is 5.75 Å². The summed E-state index contributed by atoms with van der Waals surface area (Å²) < 4.78 is 10.9. The third kappa shape index (κ3) is 3.80. The molecular weight excluding hydrogens is 346 g/mol. The molecule has 0 aromatic heterocycles. The molecule has 1 N–H and O–H groups in total. The summed E-state index contributed by atoms with van der Waals surface area (Å²) in [7, 11) is 1.41. The molecule has 0 aliphatic heterocycles. The van der Waals surface area contributed by atoms with Gasteiger partial charge in [-0.3, -0.25) is 0 Å². The van der Waals surface area contributed by atoms with Crippen molar-refractivity contribution < 1.29 is 19.4 Å². The third-order valence-electron chi connectivity index (χ3n) is 1.76. The Labute approximate surface area is 112 Å². The summed E-state index contributed by atoms with van der Waals surface area (Å²) in [6, 6.07) is 5.12. The van der Waals surface area contributed by atoms with E-state index in [2.05, 4.69) is 22.6 Å². The molecule has 0 amide bonds. The average Bonchev–Trinajstić information content (AvgIpc) is 2.20. The lowest BCUT2D eigenvalue weighted by Gasteiger charge is -2.15. The predicted octanol–water partition coefficient (Wildman–Crippen LogP) is 2.42. The zero-order chi connectivity index (χ0) is 12.1. The molecule has 0 saturated carbocycles. The van der Waals surface area contributed by atoms with Crippen LogP contribution < -0.4 is 4.74 Å². The molecule has 16 heavy (non-hydrogen) atoms. The van der Waals surface area contributed by atoms with Gasteiger partial charge in [0.2, 0.25) is 6.10 Å². The van der Waals surface area contributed by atoms with Gasteiger partial charge in [-0.05, 0) is 40.8 Å². The summed E-state index contributed by atoms with van der Waals surface area (Å²) in [5.41, 5.74) is 0. The summed E-state index contributed by atoms with van der Waals surface area (Å²) >= 11 is 8.02. The van der Waals surface area contributed by atoms with E-state index in [0.29, 0.717) is 10.8 Å². The van der Waals surface area contributed by atoms with Gasteiger partial charge in [-0.1, -0.05) is 11.6 Å². The van der Waals surface area contributed by atoms with Crippen LogP contribution in [-0.4, -0.2) is 30.9 Å². The zero-order valence-electron chi connectivity index (χ0n) is 8.44. The molecule has 0 bridgehead atoms. The highest BCUT2D eigenvalue weighted by Crippen LogP contribution is 2.27. The topological polar surface area (TPSA) is 55.8 Å². The van der Waals surface area contributed by atoms with E-state index in [1.54, 1.807) is 18.2 Å². The fourth-order valence-corrected chi connectivity index (χ4v) is 1.93. The Morgan fingerprint density at radius 2 is 2.31 bits per heavy atom. The van der Waals surface area contributed by atoms with Crippen molar-refractivity contribution in [1.82, 2.24) is 0 Å². The molecule has 1 rings (SSSR count). The molecule has 1 unspecified atom stereocenters. The highest BCUT2D eigenvalue weighted by atomic mass is 127. The van der Waals surface area contributed by atoms with Gasteiger partial charge in [0.05, 0.1) is 11.6 Å². The van der Waals surface area contributed by atoms with Crippen LogP contribution in [0.4, 0.5) is 0 Å². The van der Waals surface area contributed by atoms with Crippen LogP contribution in [0.25, 0.3) is 0 Å². The summed E-state index contributed by atoms with van der Waals surface area (Å²) in [5.74, 6) is -0.747. The van der Waals surface area contributed by atoms with Gasteiger partial charge in [0.1, 0.15) is 5.75 Å². The van der Waals surface area contributed by atoms with Crippen LogP contribution in [0, 0.1) is 3.57 Å². The second-order valence-corrected chi connectivity index (χ2v) is 4.63. The van der Waals surface area contributed by atoms with Crippen LogP contribution in [0.15, 0.2) is 18.2 Å². The van der Waals surface area contributed by atoms with E-state index in [9.17, 15) is 4.79 Å². The number of aliphatic carboxylic acids is 1. The van der Waals surface area contributed by atoms with E-state index in [4.69, 9.17) is 26.2 Å². The fourth-order valence-electron chi connectivity index (χ4n) is 1.03. The van der Waals surface area contributed by atoms with Crippen molar-refractivity contribution in [2.75, 3.05) is 13.7 Å². The van der Waals surface area contributed by atoms with Gasteiger partial charge in [0, 0.05) is 10.7 Å². The van der Waals surface area contributed by atoms with Gasteiger partial charge in [0.25, 0.3) is 0 Å². The third-order valence-corrected chi connectivity index (χ3v) is 2.72. The first-order chi connectivity index (χ1) is 7.54. The lowest BCUT2D eigenvalue weighted by Crippen LogP contribution is -2.31. The van der Waals surface area contributed by atoms with E-state index in [1.807, 2.05) is 0 Å². The summed E-state index contributed by atoms with van der Waals surface area (Å²) in [5, 5.41) is 9.25. The van der Waals surface area contributed by atoms with Crippen molar-refractivity contribution >= 4 is 40.2 Å². The van der Waals surface area contributed by atoms with E-state index in [0.717, 1.165) is 3.57 Å². The number of carboxylic acids is 1. The Kier molecular flexibility index (Phi) is 5.30. The number of methoxy groups -OCH3 is 1. The second kappa shape index (κ2) is 6.27. The first-order valence-electron chi connectivity index (χ1n) is 4.38. The summed E-state index contributed by atoms with van der Waals surface area (Å²) in [4.78, 5) is 10.8. The number of benzene rings is 1. The van der Waals surface area contributed by atoms with Crippen LogP contribution in [0.1, 0.15) is 0 Å². The normalized spacial score (nSPS) is 12.2. The summed E-state index contributed by atoms with van der Waals surface area (Å²) in [6.45, 7) is -0.0301. The van der Waals surface area contributed by atoms with Crippen molar-refractivity contribution in [2.24, 2.45) is 0 Å². The fraction of sp³-hybridized carbons (Fsp3) is 0.300. The predicted molar refractivity (Wildman–Crippen MR) is 68.1 cm³/mol. The summed E-state index contributed by atoms with van der Waals surface area (Å²) in [6.07, 6.45) is -1.05. The molecule has 0 aliphatic carbocycles. The molecule has 0 radical (unpaired) electrons. The number of carboxylic acid groups (broad SMARTS) is 1. The molecule has 4 nitrogen and oxygen atoms in total. The Balaban J connectivity index is 2.81. The van der Waals surface area contributed by atoms with E-state index in [-0.39, 0.29) is 6.61 Å². The maximum absolute atomic E-state index is 10.8. The van der Waals surface area contributed by atoms with Gasteiger partial charge in [-0.2, -0.15) is 0 Å². The van der Waals surface area contributed by atoms with E-state index < -0.39 is 12.1 Å². The number of hydrogen-bond donors (Lipinski definition) is 1. The first-order valence-corrected chi connectivity index (χ1v) is 5.83. The number of ether oxygens (including phenoxy) is 2. The molecule has 0 aliphatic rings. The van der Waals surface area contributed by atoms with Crippen molar-refractivity contribution in [1.29, 1.82) is 0 Å². The molecule has 1 aromatic carbocycles. The lowest BCUT2D eigenvalue weighted by atomic mass is 10.3. The monoisotopic (exact) mass is 356 g/mol. The van der Waals surface area contributed by atoms with Crippen LogP contribution in [0.3, 0.4) is 0 Å². The maximum atomic E-state index is 10.8. The smallest absolute Gasteiger partial charge is 0.347 e. The van der Waals surface area contributed by atoms with Gasteiger partial charge in [0.15, 0.2) is 0 Å². The first kappa shape index (κ1) is 13.5. The highest BCUT2D eigenvalue weighted by Gasteiger charge is 2.20. The molecule has 6 heteroatoms. The molecule has 88 valence electrons. The molecule has 0 saturated heterocycles. The van der Waals surface area contributed by atoms with E-state index >= 15 is 0 Å². The number of hydrogen-bond acceptors (Lipinski definition) is 3. The largest absolute Gasteiger partial charge is 0.478 e. The maximum Gasteiger partial charge on any atom is 0.347 e. The van der Waals surface area contributed by atoms with Gasteiger partial charge in [-0.25, -0.2) is 4.79 Å². The Hall–Kier alpha value is -0.530. The van der Waals surface area contributed by atoms with Crippen molar-refractivity contribution in [3.05, 3.63) is 26.8 Å². The van der Waals surface area contributed by atoms with Crippen LogP contribution >= 0.6 is 34.2 Å². The minimum atomic E-state index is -1.09.